The van der Waals surface area contributed by atoms with E-state index in [0.29, 0.717) is 17.6 Å². The van der Waals surface area contributed by atoms with Gasteiger partial charge >= 0.3 is 0 Å². The molecule has 1 heterocycles. The monoisotopic (exact) mass is 292 g/mol. The number of nitro groups is 1. The van der Waals surface area contributed by atoms with Gasteiger partial charge in [0.15, 0.2) is 0 Å². The van der Waals surface area contributed by atoms with Crippen LogP contribution < -0.4 is 5.32 Å². The number of likely N-dealkylation sites (N-methyl/N-ethyl adjacent to an activating group) is 1. The zero-order chi connectivity index (χ0) is 15.6. The molecule has 0 amide bonds. The molecule has 1 N–H and O–H groups in total. The van der Waals surface area contributed by atoms with Crippen LogP contribution in [0.5, 0.6) is 0 Å². The number of anilines is 1. The maximum absolute atomic E-state index is 11.1. The lowest BCUT2D eigenvalue weighted by Crippen LogP contribution is -2.34. The van der Waals surface area contributed by atoms with E-state index < -0.39 is 0 Å². The van der Waals surface area contributed by atoms with E-state index in [-0.39, 0.29) is 10.6 Å². The number of likely N-dealkylation sites (tertiary alicyclic amines) is 1. The number of benzene rings is 1. The maximum atomic E-state index is 11.1. The summed E-state index contributed by atoms with van der Waals surface area (Å²) in [5.41, 5.74) is 1.70. The highest BCUT2D eigenvalue weighted by Crippen LogP contribution is 2.27. The second-order valence-electron chi connectivity index (χ2n) is 6.06. The van der Waals surface area contributed by atoms with Crippen LogP contribution in [0.3, 0.4) is 0 Å². The first-order valence-electron chi connectivity index (χ1n) is 7.26. The van der Waals surface area contributed by atoms with Crippen molar-refractivity contribution in [2.75, 3.05) is 39.5 Å². The average Bonchev–Trinajstić information content (AvgIpc) is 2.79. The topological polar surface area (TPSA) is 61.6 Å². The summed E-state index contributed by atoms with van der Waals surface area (Å²) < 4.78 is 0. The van der Waals surface area contributed by atoms with Crippen molar-refractivity contribution < 1.29 is 4.92 Å². The molecule has 1 aromatic rings. The van der Waals surface area contributed by atoms with Gasteiger partial charge in [-0.2, -0.15) is 0 Å². The second kappa shape index (κ2) is 6.41. The highest BCUT2D eigenvalue weighted by Gasteiger charge is 2.31. The Balaban J connectivity index is 2.10. The van der Waals surface area contributed by atoms with Gasteiger partial charge in [0.05, 0.1) is 4.92 Å². The van der Waals surface area contributed by atoms with Crippen molar-refractivity contribution in [2.45, 2.75) is 19.5 Å². The Morgan fingerprint density at radius 2 is 2.14 bits per heavy atom. The van der Waals surface area contributed by atoms with Crippen molar-refractivity contribution >= 4 is 11.4 Å². The highest BCUT2D eigenvalue weighted by atomic mass is 16.6. The van der Waals surface area contributed by atoms with Crippen molar-refractivity contribution in [3.63, 3.8) is 0 Å². The van der Waals surface area contributed by atoms with Crippen molar-refractivity contribution in [3.8, 4) is 0 Å². The van der Waals surface area contributed by atoms with Crippen LogP contribution in [0.1, 0.15) is 12.5 Å². The van der Waals surface area contributed by atoms with E-state index in [2.05, 4.69) is 36.1 Å². The fourth-order valence-corrected chi connectivity index (χ4v) is 3.15. The summed E-state index contributed by atoms with van der Waals surface area (Å²) in [4.78, 5) is 15.4. The summed E-state index contributed by atoms with van der Waals surface area (Å²) in [5, 5.41) is 14.0. The summed E-state index contributed by atoms with van der Waals surface area (Å²) in [6.45, 7) is 5.07. The Hall–Kier alpha value is -1.66. The molecule has 1 aliphatic rings. The molecule has 2 rings (SSSR count). The Morgan fingerprint density at radius 3 is 2.67 bits per heavy atom. The first-order chi connectivity index (χ1) is 9.92. The van der Waals surface area contributed by atoms with Gasteiger partial charge in [-0.25, -0.2) is 0 Å². The summed E-state index contributed by atoms with van der Waals surface area (Å²) in [7, 11) is 5.92. The minimum atomic E-state index is -0.329. The predicted octanol–water partition coefficient (Wildman–Crippen LogP) is 2.02. The van der Waals surface area contributed by atoms with E-state index >= 15 is 0 Å². The molecule has 6 heteroatoms. The molecule has 2 atom stereocenters. The van der Waals surface area contributed by atoms with Crippen LogP contribution >= 0.6 is 0 Å². The van der Waals surface area contributed by atoms with Crippen LogP contribution in [0, 0.1) is 16.0 Å². The van der Waals surface area contributed by atoms with Gasteiger partial charge in [0.25, 0.3) is 5.69 Å². The van der Waals surface area contributed by atoms with E-state index in [1.54, 1.807) is 19.2 Å². The number of nitro benzene ring substituents is 1. The lowest BCUT2D eigenvalue weighted by molar-refractivity contribution is -0.384. The SMILES string of the molecule is CNc1ccc(CN2CC(C)C(N(C)C)C2)cc1[N+](=O)[O-]. The third-order valence-corrected chi connectivity index (χ3v) is 4.25. The number of hydrogen-bond acceptors (Lipinski definition) is 5. The predicted molar refractivity (Wildman–Crippen MR) is 84.6 cm³/mol. The molecule has 0 spiro atoms. The number of rotatable bonds is 5. The highest BCUT2D eigenvalue weighted by molar-refractivity contribution is 5.62. The summed E-state index contributed by atoms with van der Waals surface area (Å²) in [6, 6.07) is 5.99. The standard InChI is InChI=1S/C15H24N4O2/c1-11-8-18(10-15(11)17(3)4)9-12-5-6-13(16-2)14(7-12)19(20)21/h5-7,11,15-16H,8-10H2,1-4H3. The molecular weight excluding hydrogens is 268 g/mol. The van der Waals surface area contributed by atoms with Crippen molar-refractivity contribution in [2.24, 2.45) is 5.92 Å². The summed E-state index contributed by atoms with van der Waals surface area (Å²) >= 11 is 0. The maximum Gasteiger partial charge on any atom is 0.292 e. The molecule has 2 unspecified atom stereocenters. The van der Waals surface area contributed by atoms with Crippen LogP contribution in [0.2, 0.25) is 0 Å². The third-order valence-electron chi connectivity index (χ3n) is 4.25. The molecule has 0 saturated carbocycles. The smallest absolute Gasteiger partial charge is 0.292 e. The van der Waals surface area contributed by atoms with Gasteiger partial charge in [0.2, 0.25) is 0 Å². The zero-order valence-corrected chi connectivity index (χ0v) is 13.2. The third kappa shape index (κ3) is 3.51. The molecule has 1 aliphatic heterocycles. The van der Waals surface area contributed by atoms with Crippen molar-refractivity contribution in [1.82, 2.24) is 9.80 Å². The summed E-state index contributed by atoms with van der Waals surface area (Å²) in [5.74, 6) is 0.617. The van der Waals surface area contributed by atoms with Crippen LogP contribution in [0.15, 0.2) is 18.2 Å². The first kappa shape index (κ1) is 15.7. The Morgan fingerprint density at radius 1 is 1.43 bits per heavy atom. The molecule has 116 valence electrons. The van der Waals surface area contributed by atoms with Gasteiger partial charge in [0.1, 0.15) is 5.69 Å². The van der Waals surface area contributed by atoms with E-state index in [1.165, 1.54) is 0 Å². The van der Waals surface area contributed by atoms with E-state index in [9.17, 15) is 10.1 Å². The lowest BCUT2D eigenvalue weighted by Gasteiger charge is -2.22. The fourth-order valence-electron chi connectivity index (χ4n) is 3.15. The Bertz CT molecular complexity index is 518. The second-order valence-corrected chi connectivity index (χ2v) is 6.06. The number of nitrogens with zero attached hydrogens (tertiary/aromatic N) is 3. The molecule has 0 radical (unpaired) electrons. The largest absolute Gasteiger partial charge is 0.383 e. The molecule has 0 aliphatic carbocycles. The minimum Gasteiger partial charge on any atom is -0.383 e. The average molecular weight is 292 g/mol. The van der Waals surface area contributed by atoms with Gasteiger partial charge in [-0.3, -0.25) is 15.0 Å². The van der Waals surface area contributed by atoms with Crippen LogP contribution in [0.4, 0.5) is 11.4 Å². The normalized spacial score (nSPS) is 22.7. The molecule has 21 heavy (non-hydrogen) atoms. The van der Waals surface area contributed by atoms with E-state index in [0.717, 1.165) is 25.2 Å². The van der Waals surface area contributed by atoms with Crippen LogP contribution in [-0.2, 0) is 6.54 Å². The molecule has 1 fully saturated rings. The molecule has 6 nitrogen and oxygen atoms in total. The fraction of sp³-hybridized carbons (Fsp3) is 0.600. The molecule has 1 saturated heterocycles. The molecule has 1 aromatic carbocycles. The summed E-state index contributed by atoms with van der Waals surface area (Å²) in [6.07, 6.45) is 0. The zero-order valence-electron chi connectivity index (χ0n) is 13.2. The van der Waals surface area contributed by atoms with Crippen LogP contribution in [0.25, 0.3) is 0 Å². The minimum absolute atomic E-state index is 0.145. The lowest BCUT2D eigenvalue weighted by atomic mass is 10.1. The van der Waals surface area contributed by atoms with E-state index in [4.69, 9.17) is 0 Å². The molecular formula is C15H24N4O2. The molecule has 0 bridgehead atoms. The first-order valence-corrected chi connectivity index (χ1v) is 7.26. The number of hydrogen-bond donors (Lipinski definition) is 1. The van der Waals surface area contributed by atoms with Gasteiger partial charge in [-0.15, -0.1) is 0 Å². The van der Waals surface area contributed by atoms with Gasteiger partial charge in [-0.05, 0) is 31.6 Å². The Labute approximate surface area is 125 Å². The van der Waals surface area contributed by atoms with Gasteiger partial charge < -0.3 is 10.2 Å². The van der Waals surface area contributed by atoms with Crippen LogP contribution in [-0.4, -0.2) is 55.0 Å². The van der Waals surface area contributed by atoms with E-state index in [1.807, 2.05) is 6.07 Å². The number of nitrogens with one attached hydrogen (secondary N) is 1. The van der Waals surface area contributed by atoms with Crippen molar-refractivity contribution in [1.29, 1.82) is 0 Å². The quantitative estimate of drug-likeness (QED) is 0.664. The van der Waals surface area contributed by atoms with Gasteiger partial charge in [-0.1, -0.05) is 13.0 Å². The van der Waals surface area contributed by atoms with Crippen molar-refractivity contribution in [3.05, 3.63) is 33.9 Å². The van der Waals surface area contributed by atoms with Gasteiger partial charge in [0, 0.05) is 38.8 Å². The Kier molecular flexibility index (Phi) is 4.80. The molecule has 0 aromatic heterocycles.